The summed E-state index contributed by atoms with van der Waals surface area (Å²) in [5, 5.41) is 0. The Morgan fingerprint density at radius 2 is 1.14 bits per heavy atom. The number of halogens is 4. The lowest BCUT2D eigenvalue weighted by molar-refractivity contribution is 0.767. The van der Waals surface area contributed by atoms with Crippen molar-refractivity contribution in [2.24, 2.45) is 0 Å². The molecular formula is HF4P3. The number of hydrogen-bond donors (Lipinski definition) is 0. The monoisotopic (exact) mass is 170 g/mol. The van der Waals surface area contributed by atoms with Crippen molar-refractivity contribution in [3.05, 3.63) is 0 Å². The van der Waals surface area contributed by atoms with E-state index in [-0.39, 0.29) is 0 Å². The van der Waals surface area contributed by atoms with Gasteiger partial charge in [0.15, 0.2) is 0 Å². The van der Waals surface area contributed by atoms with Crippen molar-refractivity contribution < 1.29 is 16.8 Å². The standard InChI is InChI=1S/F4HP3/c1-6(2)5-7(3)4/h5H. The Bertz CT molecular complexity index is 36.2. The molecule has 0 heterocycles. The zero-order valence-electron chi connectivity index (χ0n) is 2.91. The minimum atomic E-state index is -3.33. The van der Waals surface area contributed by atoms with Gasteiger partial charge in [-0.1, -0.05) is 0 Å². The van der Waals surface area contributed by atoms with Crippen molar-refractivity contribution in [3.8, 4) is 0 Å². The van der Waals surface area contributed by atoms with E-state index in [1.54, 1.807) is 0 Å². The lowest BCUT2D eigenvalue weighted by atomic mass is 18.8. The van der Waals surface area contributed by atoms with Crippen LogP contribution in [0.3, 0.4) is 0 Å². The van der Waals surface area contributed by atoms with E-state index in [9.17, 15) is 16.8 Å². The molecule has 44 valence electrons. The Morgan fingerprint density at radius 3 is 1.14 bits per heavy atom. The van der Waals surface area contributed by atoms with Crippen LogP contribution in [0.4, 0.5) is 16.8 Å². The molecule has 7 heteroatoms. The van der Waals surface area contributed by atoms with Gasteiger partial charge in [-0.15, -0.1) is 0 Å². The number of rotatable bonds is 2. The summed E-state index contributed by atoms with van der Waals surface area (Å²) in [6.07, 6.45) is 0. The lowest BCUT2D eigenvalue weighted by Gasteiger charge is -1.89. The van der Waals surface area contributed by atoms with Gasteiger partial charge in [-0.25, -0.2) is 0 Å². The van der Waals surface area contributed by atoms with Crippen molar-refractivity contribution in [1.29, 1.82) is 0 Å². The van der Waals surface area contributed by atoms with Gasteiger partial charge >= 0.3 is 0 Å². The van der Waals surface area contributed by atoms with Crippen LogP contribution in [0.25, 0.3) is 0 Å². The van der Waals surface area contributed by atoms with Crippen molar-refractivity contribution in [1.82, 2.24) is 0 Å². The van der Waals surface area contributed by atoms with Crippen LogP contribution in [0.15, 0.2) is 0 Å². The maximum absolute atomic E-state index is 10.9. The Labute approximate surface area is 42.2 Å². The molecule has 0 aromatic heterocycles. The van der Waals surface area contributed by atoms with Crippen LogP contribution in [0, 0.1) is 0 Å². The SMILES string of the molecule is FP(F)PP(F)F. The van der Waals surface area contributed by atoms with E-state index < -0.39 is 24.4 Å². The van der Waals surface area contributed by atoms with E-state index in [2.05, 4.69) is 0 Å². The van der Waals surface area contributed by atoms with Crippen molar-refractivity contribution in [2.75, 3.05) is 0 Å². The average molecular weight is 170 g/mol. The molecule has 0 amide bonds. The fourth-order valence-electron chi connectivity index (χ4n) is 0.0571. The third-order valence-electron chi connectivity index (χ3n) is 0.151. The van der Waals surface area contributed by atoms with E-state index in [0.29, 0.717) is 0 Å². The van der Waals surface area contributed by atoms with Crippen LogP contribution in [0.5, 0.6) is 0 Å². The molecular weight excluding hydrogens is 169 g/mol. The summed E-state index contributed by atoms with van der Waals surface area (Å²) >= 11 is 0. The van der Waals surface area contributed by atoms with Crippen molar-refractivity contribution in [3.63, 3.8) is 0 Å². The number of hydrogen-bond acceptors (Lipinski definition) is 0. The molecule has 0 saturated carbocycles. The molecule has 0 aliphatic carbocycles. The second-order valence-electron chi connectivity index (χ2n) is 0.566. The van der Waals surface area contributed by atoms with Crippen LogP contribution in [-0.4, -0.2) is 0 Å². The summed E-state index contributed by atoms with van der Waals surface area (Å²) in [5.74, 6) is 0. The molecule has 0 radical (unpaired) electrons. The maximum atomic E-state index is 10.9. The van der Waals surface area contributed by atoms with Crippen molar-refractivity contribution in [2.45, 2.75) is 0 Å². The normalized spacial score (nSPS) is 11.1. The summed E-state index contributed by atoms with van der Waals surface area (Å²) in [6, 6.07) is 0. The molecule has 0 N–H and O–H groups in total. The second kappa shape index (κ2) is 3.95. The molecule has 0 aromatic carbocycles. The summed E-state index contributed by atoms with van der Waals surface area (Å²) in [7, 11) is -8.06. The summed E-state index contributed by atoms with van der Waals surface area (Å²) < 4.78 is 43.6. The zero-order chi connectivity index (χ0) is 5.86. The van der Waals surface area contributed by atoms with E-state index in [1.807, 2.05) is 0 Å². The molecule has 0 aliphatic heterocycles. The Hall–Kier alpha value is 1.01. The topological polar surface area (TPSA) is 0 Å². The van der Waals surface area contributed by atoms with E-state index in [0.717, 1.165) is 0 Å². The highest BCUT2D eigenvalue weighted by Gasteiger charge is 2.13. The second-order valence-corrected chi connectivity index (χ2v) is 6.13. The minimum absolute atomic E-state index is 1.39. The maximum Gasteiger partial charge on any atom is 0.294 e. The predicted molar refractivity (Wildman–Crippen MR) is 26.6 cm³/mol. The highest BCUT2D eigenvalue weighted by atomic mass is 32.5. The molecule has 0 unspecified atom stereocenters. The van der Waals surface area contributed by atoms with E-state index in [1.165, 1.54) is 0 Å². The van der Waals surface area contributed by atoms with Gasteiger partial charge in [-0.3, -0.25) is 0 Å². The van der Waals surface area contributed by atoms with Gasteiger partial charge in [-0.05, 0) is 0 Å². The van der Waals surface area contributed by atoms with Crippen LogP contribution < -0.4 is 0 Å². The molecule has 7 heavy (non-hydrogen) atoms. The highest BCUT2D eigenvalue weighted by molar-refractivity contribution is 8.48. The van der Waals surface area contributed by atoms with Gasteiger partial charge in [0.05, 0.1) is 7.96 Å². The molecule has 0 rings (SSSR count). The molecule has 0 atom stereocenters. The van der Waals surface area contributed by atoms with E-state index >= 15 is 0 Å². The molecule has 0 spiro atoms. The molecule has 0 nitrogen and oxygen atoms in total. The molecule has 0 saturated heterocycles. The third kappa shape index (κ3) is 7.01. The fourth-order valence-corrected chi connectivity index (χ4v) is 1.54. The van der Waals surface area contributed by atoms with Gasteiger partial charge in [-0.2, -0.15) is 16.8 Å². The molecule has 0 bridgehead atoms. The minimum Gasteiger partial charge on any atom is -0.183 e. The fraction of sp³-hybridized carbons (Fsp3) is 0. The quantitative estimate of drug-likeness (QED) is 0.433. The largest absolute Gasteiger partial charge is 0.294 e. The summed E-state index contributed by atoms with van der Waals surface area (Å²) in [5.41, 5.74) is 0. The first-order chi connectivity index (χ1) is 3.13. The molecule has 0 aromatic rings. The van der Waals surface area contributed by atoms with E-state index in [4.69, 9.17) is 0 Å². The van der Waals surface area contributed by atoms with Crippen LogP contribution >= 0.6 is 24.4 Å². The lowest BCUT2D eigenvalue weighted by Crippen LogP contribution is -1.26. The van der Waals surface area contributed by atoms with Gasteiger partial charge in [0.1, 0.15) is 0 Å². The van der Waals surface area contributed by atoms with Crippen LogP contribution in [-0.2, 0) is 0 Å². The van der Waals surface area contributed by atoms with Gasteiger partial charge in [0.25, 0.3) is 16.5 Å². The summed E-state index contributed by atoms with van der Waals surface area (Å²) in [4.78, 5) is 0. The average Bonchev–Trinajstić information content (AvgIpc) is 1.27. The molecule has 0 fully saturated rings. The first-order valence-electron chi connectivity index (χ1n) is 1.12. The summed E-state index contributed by atoms with van der Waals surface area (Å²) in [6.45, 7) is 0. The smallest absolute Gasteiger partial charge is 0.183 e. The third-order valence-corrected chi connectivity index (χ3v) is 4.08. The van der Waals surface area contributed by atoms with Crippen LogP contribution in [0.1, 0.15) is 0 Å². The first kappa shape index (κ1) is 8.01. The van der Waals surface area contributed by atoms with Gasteiger partial charge < -0.3 is 0 Å². The zero-order valence-corrected chi connectivity index (χ0v) is 5.70. The molecule has 0 aliphatic rings. The first-order valence-corrected chi connectivity index (χ1v) is 6.05. The predicted octanol–water partition coefficient (Wildman–Crippen LogP) is 4.00. The highest BCUT2D eigenvalue weighted by Crippen LogP contribution is 2.77. The van der Waals surface area contributed by atoms with Crippen LogP contribution in [0.2, 0.25) is 0 Å². The van der Waals surface area contributed by atoms with Gasteiger partial charge in [0.2, 0.25) is 0 Å². The van der Waals surface area contributed by atoms with Crippen molar-refractivity contribution >= 4 is 24.4 Å². The Balaban J connectivity index is 2.95. The Kier molecular flexibility index (Phi) is 4.52. The van der Waals surface area contributed by atoms with Gasteiger partial charge in [0, 0.05) is 0 Å². The Morgan fingerprint density at radius 1 is 0.857 bits per heavy atom.